The van der Waals surface area contributed by atoms with Crippen molar-refractivity contribution in [2.75, 3.05) is 37.6 Å². The summed E-state index contributed by atoms with van der Waals surface area (Å²) in [5.41, 5.74) is 0.765. The predicted molar refractivity (Wildman–Crippen MR) is 173 cm³/mol. The van der Waals surface area contributed by atoms with Crippen LogP contribution in [-0.2, 0) is 4.79 Å². The molecule has 9 nitrogen and oxygen atoms in total. The van der Waals surface area contributed by atoms with Crippen LogP contribution in [0, 0.1) is 34.4 Å². The van der Waals surface area contributed by atoms with Crippen molar-refractivity contribution < 1.29 is 18.7 Å². The third-order valence-electron chi connectivity index (χ3n) is 12.2. The van der Waals surface area contributed by atoms with Crippen molar-refractivity contribution in [3.8, 4) is 11.6 Å². The van der Waals surface area contributed by atoms with Gasteiger partial charge in [-0.1, -0.05) is 0 Å². The lowest BCUT2D eigenvalue weighted by atomic mass is 9.52. The van der Waals surface area contributed by atoms with Gasteiger partial charge in [-0.3, -0.25) is 9.59 Å². The zero-order chi connectivity index (χ0) is 32.2. The molecule has 6 fully saturated rings. The molecule has 2 aromatic rings. The number of hydrogen-bond donors (Lipinski definition) is 0. The number of fused-ring (bicyclic) bond motifs is 2. The Kier molecular flexibility index (Phi) is 8.31. The van der Waals surface area contributed by atoms with Gasteiger partial charge in [-0.15, -0.1) is 10.2 Å². The number of hydrogen-bond acceptors (Lipinski definition) is 8. The van der Waals surface area contributed by atoms with Gasteiger partial charge >= 0.3 is 0 Å². The average Bonchev–Trinajstić information content (AvgIpc) is 3.37. The number of benzene rings is 1. The minimum atomic E-state index is -0.498. The number of halogens is 1. The van der Waals surface area contributed by atoms with E-state index in [1.165, 1.54) is 56.8 Å². The third kappa shape index (κ3) is 5.79. The second kappa shape index (κ2) is 12.1. The quantitative estimate of drug-likeness (QED) is 0.343. The number of ether oxygens (including phenoxy) is 1. The summed E-state index contributed by atoms with van der Waals surface area (Å²) in [5, 5.41) is 8.23. The molecule has 46 heavy (non-hydrogen) atoms. The van der Waals surface area contributed by atoms with Crippen LogP contribution in [0.15, 0.2) is 24.5 Å². The molecule has 4 unspecified atom stereocenters. The van der Waals surface area contributed by atoms with Crippen molar-refractivity contribution in [3.63, 3.8) is 0 Å². The highest BCUT2D eigenvalue weighted by Gasteiger charge is 2.54. The molecule has 8 rings (SSSR count). The number of rotatable bonds is 8. The standard InChI is InChI=1S/C36H49FN6O3/c1-23(2)43(24(3)4)34(45)30-16-28(37)7-8-31(30)46-33-32(38-22-39-40-33)42-20-35(21-42)11-13-41(14-12-35)19-26-15-27-6-5-25(26)17-36(27)10-9-29(44)18-36/h7-8,16,22-27H,5-6,9-15,17-21H2,1-4H3. The molecule has 6 aliphatic rings. The van der Waals surface area contributed by atoms with E-state index in [9.17, 15) is 14.0 Å². The molecule has 4 saturated carbocycles. The van der Waals surface area contributed by atoms with Gasteiger partial charge in [0.05, 0.1) is 5.56 Å². The molecule has 1 aromatic heterocycles. The Morgan fingerprint density at radius 2 is 1.87 bits per heavy atom. The van der Waals surface area contributed by atoms with Gasteiger partial charge in [-0.2, -0.15) is 0 Å². The Balaban J connectivity index is 0.970. The molecule has 10 heteroatoms. The number of carbonyl (C=O) groups is 2. The first kappa shape index (κ1) is 31.5. The zero-order valence-corrected chi connectivity index (χ0v) is 27.9. The van der Waals surface area contributed by atoms with E-state index >= 15 is 0 Å². The number of carbonyl (C=O) groups excluding carboxylic acids is 2. The molecule has 1 amide bonds. The minimum absolute atomic E-state index is 0.0603. The Hall–Kier alpha value is -3.14. The van der Waals surface area contributed by atoms with Gasteiger partial charge in [0.1, 0.15) is 23.7 Å². The van der Waals surface area contributed by atoms with E-state index in [0.29, 0.717) is 17.0 Å². The van der Waals surface area contributed by atoms with Crippen LogP contribution in [0.4, 0.5) is 10.2 Å². The summed E-state index contributed by atoms with van der Waals surface area (Å²) in [6.07, 6.45) is 11.9. The lowest BCUT2D eigenvalue weighted by molar-refractivity contribution is -0.120. The molecule has 0 N–H and O–H groups in total. The molecular formula is C36H49FN6O3. The fourth-order valence-electron chi connectivity index (χ4n) is 9.92. The topological polar surface area (TPSA) is 91.8 Å². The Morgan fingerprint density at radius 1 is 1.11 bits per heavy atom. The number of anilines is 1. The van der Waals surface area contributed by atoms with E-state index in [-0.39, 0.29) is 40.6 Å². The van der Waals surface area contributed by atoms with Crippen LogP contribution < -0.4 is 9.64 Å². The van der Waals surface area contributed by atoms with Gasteiger partial charge in [-0.25, -0.2) is 9.37 Å². The monoisotopic (exact) mass is 632 g/mol. The van der Waals surface area contributed by atoms with E-state index in [1.807, 2.05) is 27.7 Å². The predicted octanol–water partition coefficient (Wildman–Crippen LogP) is 6.14. The number of aromatic nitrogens is 3. The fourth-order valence-corrected chi connectivity index (χ4v) is 9.92. The summed E-state index contributed by atoms with van der Waals surface area (Å²) < 4.78 is 20.6. The van der Waals surface area contributed by atoms with Crippen LogP contribution in [0.3, 0.4) is 0 Å². The largest absolute Gasteiger partial charge is 0.434 e. The number of ketones is 1. The Bertz CT molecular complexity index is 1460. The summed E-state index contributed by atoms with van der Waals surface area (Å²) >= 11 is 0. The van der Waals surface area contributed by atoms with Crippen LogP contribution >= 0.6 is 0 Å². The summed E-state index contributed by atoms with van der Waals surface area (Å²) in [4.78, 5) is 36.9. The maximum atomic E-state index is 14.4. The second-order valence-corrected chi connectivity index (χ2v) is 15.7. The van der Waals surface area contributed by atoms with Gasteiger partial charge in [-0.05, 0) is 127 Å². The third-order valence-corrected chi connectivity index (χ3v) is 12.2. The SMILES string of the molecule is CC(C)N(C(=O)c1cc(F)ccc1Oc1nncnc1N1CC2(CCN(CC3CC4CCC3CC43CCC(=O)C3)CC2)C1)C(C)C. The van der Waals surface area contributed by atoms with E-state index in [4.69, 9.17) is 4.74 Å². The zero-order valence-electron chi connectivity index (χ0n) is 27.9. The van der Waals surface area contributed by atoms with Crippen molar-refractivity contribution in [2.24, 2.45) is 28.6 Å². The Morgan fingerprint density at radius 3 is 2.52 bits per heavy atom. The summed E-state index contributed by atoms with van der Waals surface area (Å²) in [6, 6.07) is 3.89. The van der Waals surface area contributed by atoms with Crippen molar-refractivity contribution in [3.05, 3.63) is 35.9 Å². The van der Waals surface area contributed by atoms with Crippen LogP contribution in [0.5, 0.6) is 11.6 Å². The van der Waals surface area contributed by atoms with Crippen LogP contribution in [0.25, 0.3) is 0 Å². The normalized spacial score (nSPS) is 28.8. The van der Waals surface area contributed by atoms with Crippen LogP contribution in [-0.4, -0.2) is 81.5 Å². The summed E-state index contributed by atoms with van der Waals surface area (Å²) in [5.74, 6) is 3.14. The molecule has 2 saturated heterocycles. The highest BCUT2D eigenvalue weighted by molar-refractivity contribution is 5.97. The molecule has 2 bridgehead atoms. The van der Waals surface area contributed by atoms with Crippen LogP contribution in [0.1, 0.15) is 95.8 Å². The maximum Gasteiger partial charge on any atom is 0.282 e. The van der Waals surface area contributed by atoms with E-state index in [2.05, 4.69) is 25.0 Å². The van der Waals surface area contributed by atoms with Crippen molar-refractivity contribution in [2.45, 2.75) is 97.6 Å². The van der Waals surface area contributed by atoms with E-state index < -0.39 is 5.82 Å². The smallest absolute Gasteiger partial charge is 0.282 e. The maximum absolute atomic E-state index is 14.4. The number of Topliss-reactive ketones (excluding diaryl/α,β-unsaturated/α-hetero) is 1. The van der Waals surface area contributed by atoms with Crippen molar-refractivity contribution >= 4 is 17.5 Å². The highest BCUT2D eigenvalue weighted by atomic mass is 19.1. The number of piperidine rings is 1. The lowest BCUT2D eigenvalue weighted by Crippen LogP contribution is -2.61. The minimum Gasteiger partial charge on any atom is -0.434 e. The first-order valence-electron chi connectivity index (χ1n) is 17.5. The van der Waals surface area contributed by atoms with Gasteiger partial charge in [0.25, 0.3) is 11.8 Å². The molecule has 4 aliphatic carbocycles. The number of nitrogens with zero attached hydrogens (tertiary/aromatic N) is 6. The lowest BCUT2D eigenvalue weighted by Gasteiger charge is -2.56. The average molecular weight is 633 g/mol. The van der Waals surface area contributed by atoms with Gasteiger partial charge in [0.15, 0.2) is 5.82 Å². The number of amides is 1. The molecule has 2 aliphatic heterocycles. The van der Waals surface area contributed by atoms with Gasteiger partial charge in [0, 0.05) is 50.0 Å². The second-order valence-electron chi connectivity index (χ2n) is 15.7. The van der Waals surface area contributed by atoms with Crippen molar-refractivity contribution in [1.29, 1.82) is 0 Å². The molecule has 1 aromatic carbocycles. The Labute approximate surface area is 272 Å². The first-order valence-corrected chi connectivity index (χ1v) is 17.5. The number of likely N-dealkylation sites (tertiary alicyclic amines) is 1. The van der Waals surface area contributed by atoms with Gasteiger partial charge < -0.3 is 19.4 Å². The van der Waals surface area contributed by atoms with E-state index in [0.717, 1.165) is 76.0 Å². The van der Waals surface area contributed by atoms with Crippen molar-refractivity contribution in [1.82, 2.24) is 25.0 Å². The molecule has 3 heterocycles. The summed E-state index contributed by atoms with van der Waals surface area (Å²) in [6.45, 7) is 13.0. The molecule has 2 spiro atoms. The highest BCUT2D eigenvalue weighted by Crippen LogP contribution is 2.61. The summed E-state index contributed by atoms with van der Waals surface area (Å²) in [7, 11) is 0. The van der Waals surface area contributed by atoms with Crippen LogP contribution in [0.2, 0.25) is 0 Å². The van der Waals surface area contributed by atoms with Gasteiger partial charge in [0.2, 0.25) is 0 Å². The molecule has 4 atom stereocenters. The first-order chi connectivity index (χ1) is 22.0. The molecule has 248 valence electrons. The molecule has 0 radical (unpaired) electrons. The van der Waals surface area contributed by atoms with E-state index in [1.54, 1.807) is 4.90 Å². The molecular weight excluding hydrogens is 583 g/mol. The fraction of sp³-hybridized carbons (Fsp3) is 0.694.